The minimum atomic E-state index is 0.551. The lowest BCUT2D eigenvalue weighted by Gasteiger charge is -1.96. The summed E-state index contributed by atoms with van der Waals surface area (Å²) in [5.74, 6) is 0. The lowest BCUT2D eigenvalue weighted by atomic mass is 10.1. The fourth-order valence-corrected chi connectivity index (χ4v) is 2.70. The maximum atomic E-state index is 9.35. The summed E-state index contributed by atoms with van der Waals surface area (Å²) in [7, 11) is 0. The maximum Gasteiger partial charge on any atom is 0.134 e. The molecule has 0 fully saturated rings. The zero-order chi connectivity index (χ0) is 14.5. The van der Waals surface area contributed by atoms with Crippen molar-refractivity contribution in [2.75, 3.05) is 0 Å². The van der Waals surface area contributed by atoms with Crippen LogP contribution in [0.5, 0.6) is 0 Å². The molecule has 0 saturated carbocycles. The number of allylic oxidation sites excluding steroid dienone is 1. The molecule has 3 rings (SSSR count). The van der Waals surface area contributed by atoms with Gasteiger partial charge >= 0.3 is 0 Å². The van der Waals surface area contributed by atoms with Crippen molar-refractivity contribution in [2.24, 2.45) is 0 Å². The van der Waals surface area contributed by atoms with Crippen LogP contribution in [0.4, 0.5) is 0 Å². The van der Waals surface area contributed by atoms with Crippen LogP contribution in [-0.2, 0) is 0 Å². The second-order valence-corrected chi connectivity index (χ2v) is 5.22. The molecule has 0 N–H and O–H groups in total. The zero-order valence-electron chi connectivity index (χ0n) is 11.1. The van der Waals surface area contributed by atoms with Gasteiger partial charge in [0.05, 0.1) is 11.3 Å². The van der Waals surface area contributed by atoms with Gasteiger partial charge in [-0.2, -0.15) is 5.26 Å². The summed E-state index contributed by atoms with van der Waals surface area (Å²) in [6, 6.07) is 15.9. The number of pyridine rings is 1. The molecule has 100 valence electrons. The molecule has 0 saturated heterocycles. The van der Waals surface area contributed by atoms with E-state index in [1.807, 2.05) is 47.8 Å². The third-order valence-electron chi connectivity index (χ3n) is 2.92. The number of rotatable bonds is 3. The van der Waals surface area contributed by atoms with Crippen LogP contribution in [0, 0.1) is 11.3 Å². The molecule has 0 aliphatic rings. The number of aromatic nitrogens is 2. The molecule has 3 aromatic rings. The summed E-state index contributed by atoms with van der Waals surface area (Å²) >= 11 is 1.47. The molecule has 21 heavy (non-hydrogen) atoms. The van der Waals surface area contributed by atoms with Crippen LogP contribution in [0.1, 0.15) is 10.6 Å². The predicted molar refractivity (Wildman–Crippen MR) is 85.3 cm³/mol. The first-order valence-corrected chi connectivity index (χ1v) is 7.28. The standard InChI is InChI=1S/C17H11N3S/c18-10-15(9-13-5-4-8-19-11-13)17-20-16(12-21-17)14-6-2-1-3-7-14/h1-9,11-12H. The van der Waals surface area contributed by atoms with E-state index in [1.54, 1.807) is 18.5 Å². The number of benzene rings is 1. The van der Waals surface area contributed by atoms with Crippen LogP contribution in [-0.4, -0.2) is 9.97 Å². The summed E-state index contributed by atoms with van der Waals surface area (Å²) < 4.78 is 0. The SMILES string of the molecule is N#CC(=Cc1cccnc1)c1nc(-c2ccccc2)cs1. The van der Waals surface area contributed by atoms with Crippen molar-refractivity contribution < 1.29 is 0 Å². The Morgan fingerprint density at radius 1 is 1.14 bits per heavy atom. The average Bonchev–Trinajstić information content (AvgIpc) is 3.04. The van der Waals surface area contributed by atoms with Crippen molar-refractivity contribution in [2.45, 2.75) is 0 Å². The molecule has 2 aromatic heterocycles. The van der Waals surface area contributed by atoms with Crippen LogP contribution in [0.2, 0.25) is 0 Å². The summed E-state index contributed by atoms with van der Waals surface area (Å²) in [6.45, 7) is 0. The summed E-state index contributed by atoms with van der Waals surface area (Å²) in [4.78, 5) is 8.60. The maximum absolute atomic E-state index is 9.35. The first-order valence-electron chi connectivity index (χ1n) is 6.40. The van der Waals surface area contributed by atoms with Crippen molar-refractivity contribution in [1.82, 2.24) is 9.97 Å². The van der Waals surface area contributed by atoms with Crippen LogP contribution in [0.3, 0.4) is 0 Å². The summed E-state index contributed by atoms with van der Waals surface area (Å²) in [5, 5.41) is 12.0. The van der Waals surface area contributed by atoms with Gasteiger partial charge in [-0.3, -0.25) is 4.98 Å². The Balaban J connectivity index is 1.95. The van der Waals surface area contributed by atoms with Gasteiger partial charge in [-0.25, -0.2) is 4.98 Å². The minimum Gasteiger partial charge on any atom is -0.264 e. The third-order valence-corrected chi connectivity index (χ3v) is 3.80. The summed E-state index contributed by atoms with van der Waals surface area (Å²) in [6.07, 6.45) is 5.24. The molecule has 0 bridgehead atoms. The van der Waals surface area contributed by atoms with Gasteiger partial charge < -0.3 is 0 Å². The number of nitrogens with zero attached hydrogens (tertiary/aromatic N) is 3. The van der Waals surface area contributed by atoms with Crippen molar-refractivity contribution in [3.8, 4) is 17.3 Å². The molecule has 3 nitrogen and oxygen atoms in total. The van der Waals surface area contributed by atoms with Crippen molar-refractivity contribution in [3.63, 3.8) is 0 Å². The highest BCUT2D eigenvalue weighted by Crippen LogP contribution is 2.26. The number of nitriles is 1. The second-order valence-electron chi connectivity index (χ2n) is 4.36. The van der Waals surface area contributed by atoms with E-state index in [2.05, 4.69) is 16.0 Å². The van der Waals surface area contributed by atoms with Gasteiger partial charge in [0, 0.05) is 23.3 Å². The molecule has 0 aliphatic heterocycles. The lowest BCUT2D eigenvalue weighted by Crippen LogP contribution is -1.83. The Morgan fingerprint density at radius 3 is 2.71 bits per heavy atom. The molecule has 2 heterocycles. The Bertz CT molecular complexity index is 799. The molecule has 1 aromatic carbocycles. The van der Waals surface area contributed by atoms with Gasteiger partial charge in [-0.1, -0.05) is 36.4 Å². The topological polar surface area (TPSA) is 49.6 Å². The van der Waals surface area contributed by atoms with E-state index in [0.717, 1.165) is 21.8 Å². The van der Waals surface area contributed by atoms with Crippen molar-refractivity contribution in [1.29, 1.82) is 5.26 Å². The molecule has 0 radical (unpaired) electrons. The summed E-state index contributed by atoms with van der Waals surface area (Å²) in [5.41, 5.74) is 3.39. The Kier molecular flexibility index (Phi) is 3.85. The van der Waals surface area contributed by atoms with E-state index in [9.17, 15) is 5.26 Å². The normalized spacial score (nSPS) is 11.1. The van der Waals surface area contributed by atoms with E-state index in [1.165, 1.54) is 11.3 Å². The fourth-order valence-electron chi connectivity index (χ4n) is 1.91. The monoisotopic (exact) mass is 289 g/mol. The van der Waals surface area contributed by atoms with E-state index in [4.69, 9.17) is 0 Å². The first-order chi connectivity index (χ1) is 10.4. The highest BCUT2D eigenvalue weighted by molar-refractivity contribution is 7.11. The van der Waals surface area contributed by atoms with Crippen LogP contribution in [0.25, 0.3) is 22.9 Å². The van der Waals surface area contributed by atoms with E-state index < -0.39 is 0 Å². The first kappa shape index (κ1) is 13.2. The van der Waals surface area contributed by atoms with E-state index >= 15 is 0 Å². The molecular weight excluding hydrogens is 278 g/mol. The highest BCUT2D eigenvalue weighted by Gasteiger charge is 2.08. The molecule has 0 amide bonds. The lowest BCUT2D eigenvalue weighted by molar-refractivity contribution is 1.32. The smallest absolute Gasteiger partial charge is 0.134 e. The van der Waals surface area contributed by atoms with Crippen molar-refractivity contribution >= 4 is 23.0 Å². The Labute approximate surface area is 126 Å². The van der Waals surface area contributed by atoms with Gasteiger partial charge in [-0.15, -0.1) is 11.3 Å². The number of hydrogen-bond donors (Lipinski definition) is 0. The zero-order valence-corrected chi connectivity index (χ0v) is 11.9. The highest BCUT2D eigenvalue weighted by atomic mass is 32.1. The van der Waals surface area contributed by atoms with Gasteiger partial charge in [0.2, 0.25) is 0 Å². The second kappa shape index (κ2) is 6.12. The molecule has 0 spiro atoms. The van der Waals surface area contributed by atoms with Gasteiger partial charge in [0.15, 0.2) is 0 Å². The van der Waals surface area contributed by atoms with Crippen LogP contribution >= 0.6 is 11.3 Å². The van der Waals surface area contributed by atoms with Gasteiger partial charge in [-0.05, 0) is 17.7 Å². The van der Waals surface area contributed by atoms with Gasteiger partial charge in [0.1, 0.15) is 11.1 Å². The number of thiazole rings is 1. The minimum absolute atomic E-state index is 0.551. The Hall–Kier alpha value is -2.77. The van der Waals surface area contributed by atoms with E-state index in [-0.39, 0.29) is 0 Å². The largest absolute Gasteiger partial charge is 0.264 e. The van der Waals surface area contributed by atoms with Crippen LogP contribution < -0.4 is 0 Å². The van der Waals surface area contributed by atoms with Gasteiger partial charge in [0.25, 0.3) is 0 Å². The average molecular weight is 289 g/mol. The molecule has 0 unspecified atom stereocenters. The number of hydrogen-bond acceptors (Lipinski definition) is 4. The van der Waals surface area contributed by atoms with E-state index in [0.29, 0.717) is 5.57 Å². The van der Waals surface area contributed by atoms with Crippen LogP contribution in [0.15, 0.2) is 60.2 Å². The molecule has 0 atom stereocenters. The van der Waals surface area contributed by atoms with Crippen molar-refractivity contribution in [3.05, 3.63) is 70.8 Å². The molecule has 0 aliphatic carbocycles. The Morgan fingerprint density at radius 2 is 2.00 bits per heavy atom. The molecular formula is C17H11N3S. The third kappa shape index (κ3) is 3.04. The quantitative estimate of drug-likeness (QED) is 0.676. The molecule has 4 heteroatoms. The fraction of sp³-hybridized carbons (Fsp3) is 0. The predicted octanol–water partition coefficient (Wildman–Crippen LogP) is 4.27.